The number of pyridine rings is 1. The number of nitrogens with zero attached hydrogens (tertiary/aromatic N) is 1. The van der Waals surface area contributed by atoms with Crippen molar-refractivity contribution in [3.8, 4) is 11.6 Å². The van der Waals surface area contributed by atoms with E-state index in [0.717, 1.165) is 0 Å². The zero-order valence-electron chi connectivity index (χ0n) is 10.8. The average Bonchev–Trinajstić information content (AvgIpc) is 2.38. The standard InChI is InChI=1S/C14H13N3O2S/c1-8-6-9(14(16)20)7-12(17-8)19-11-5-3-2-4-10(11)13(15)18/h2-7H,1H3,(H2,15,18)(H2,16,20). The molecule has 0 fully saturated rings. The SMILES string of the molecule is Cc1cc(C(N)=S)cc(Oc2ccccc2C(N)=O)n1. The quantitative estimate of drug-likeness (QED) is 0.838. The van der Waals surface area contributed by atoms with E-state index in [9.17, 15) is 4.79 Å². The monoisotopic (exact) mass is 287 g/mol. The lowest BCUT2D eigenvalue weighted by atomic mass is 10.2. The molecule has 2 rings (SSSR count). The molecular formula is C14H13N3O2S. The predicted octanol–water partition coefficient (Wildman–Crippen LogP) is 1.92. The van der Waals surface area contributed by atoms with Crippen LogP contribution in [0.3, 0.4) is 0 Å². The van der Waals surface area contributed by atoms with Gasteiger partial charge in [-0.3, -0.25) is 4.79 Å². The van der Waals surface area contributed by atoms with Crippen LogP contribution in [0.5, 0.6) is 11.6 Å². The van der Waals surface area contributed by atoms with Crippen molar-refractivity contribution in [3.05, 3.63) is 53.2 Å². The minimum atomic E-state index is -0.567. The molecular weight excluding hydrogens is 274 g/mol. The van der Waals surface area contributed by atoms with Crippen molar-refractivity contribution in [2.45, 2.75) is 6.92 Å². The first-order chi connectivity index (χ1) is 9.47. The smallest absolute Gasteiger partial charge is 0.252 e. The van der Waals surface area contributed by atoms with E-state index >= 15 is 0 Å². The first-order valence-electron chi connectivity index (χ1n) is 5.82. The molecule has 1 amide bonds. The number of carbonyl (C=O) groups excluding carboxylic acids is 1. The summed E-state index contributed by atoms with van der Waals surface area (Å²) in [5.74, 6) is 0.0799. The molecule has 0 atom stereocenters. The minimum Gasteiger partial charge on any atom is -0.438 e. The molecule has 0 unspecified atom stereocenters. The van der Waals surface area contributed by atoms with E-state index in [-0.39, 0.29) is 10.6 Å². The number of nitrogens with two attached hydrogens (primary N) is 2. The number of amides is 1. The van der Waals surface area contributed by atoms with E-state index in [1.807, 2.05) is 0 Å². The number of primary amides is 1. The maximum Gasteiger partial charge on any atom is 0.252 e. The molecule has 6 heteroatoms. The number of benzene rings is 1. The fourth-order valence-electron chi connectivity index (χ4n) is 1.70. The molecule has 0 aliphatic heterocycles. The van der Waals surface area contributed by atoms with Gasteiger partial charge in [-0.2, -0.15) is 0 Å². The molecule has 0 spiro atoms. The van der Waals surface area contributed by atoms with E-state index in [1.165, 1.54) is 0 Å². The van der Waals surface area contributed by atoms with Crippen molar-refractivity contribution in [1.29, 1.82) is 0 Å². The number of aromatic nitrogens is 1. The molecule has 0 aliphatic rings. The lowest BCUT2D eigenvalue weighted by Crippen LogP contribution is -2.13. The Kier molecular flexibility index (Phi) is 3.95. The Hall–Kier alpha value is -2.47. The molecule has 0 aliphatic carbocycles. The summed E-state index contributed by atoms with van der Waals surface area (Å²) in [5, 5.41) is 0. The molecule has 20 heavy (non-hydrogen) atoms. The first-order valence-corrected chi connectivity index (χ1v) is 6.23. The normalized spacial score (nSPS) is 10.1. The molecule has 1 heterocycles. The second-order valence-corrected chi connectivity index (χ2v) is 4.60. The van der Waals surface area contributed by atoms with Gasteiger partial charge in [-0.1, -0.05) is 24.4 Å². The zero-order valence-corrected chi connectivity index (χ0v) is 11.6. The van der Waals surface area contributed by atoms with Crippen LogP contribution in [0.25, 0.3) is 0 Å². The van der Waals surface area contributed by atoms with E-state index < -0.39 is 5.91 Å². The van der Waals surface area contributed by atoms with Crippen molar-refractivity contribution in [1.82, 2.24) is 4.98 Å². The Morgan fingerprint density at radius 1 is 1.25 bits per heavy atom. The summed E-state index contributed by atoms with van der Waals surface area (Å²) in [7, 11) is 0. The van der Waals surface area contributed by atoms with E-state index in [1.54, 1.807) is 43.3 Å². The van der Waals surface area contributed by atoms with E-state index in [4.69, 9.17) is 28.4 Å². The van der Waals surface area contributed by atoms with E-state index in [2.05, 4.69) is 4.98 Å². The number of para-hydroxylation sites is 1. The van der Waals surface area contributed by atoms with Crippen molar-refractivity contribution in [2.75, 3.05) is 0 Å². The van der Waals surface area contributed by atoms with Gasteiger partial charge in [-0.05, 0) is 25.1 Å². The number of rotatable bonds is 4. The highest BCUT2D eigenvalue weighted by molar-refractivity contribution is 7.80. The largest absolute Gasteiger partial charge is 0.438 e. The maximum atomic E-state index is 11.3. The Balaban J connectivity index is 2.40. The van der Waals surface area contributed by atoms with Gasteiger partial charge in [0.05, 0.1) is 5.56 Å². The van der Waals surface area contributed by atoms with Gasteiger partial charge in [-0.25, -0.2) is 4.98 Å². The summed E-state index contributed by atoms with van der Waals surface area (Å²) in [6.07, 6.45) is 0. The van der Waals surface area contributed by atoms with Crippen LogP contribution in [0.1, 0.15) is 21.6 Å². The Morgan fingerprint density at radius 3 is 2.60 bits per heavy atom. The molecule has 5 nitrogen and oxygen atoms in total. The molecule has 2 aromatic rings. The van der Waals surface area contributed by atoms with Crippen LogP contribution in [0.15, 0.2) is 36.4 Å². The average molecular weight is 287 g/mol. The summed E-state index contributed by atoms with van der Waals surface area (Å²) in [6, 6.07) is 10.1. The highest BCUT2D eigenvalue weighted by Gasteiger charge is 2.11. The Morgan fingerprint density at radius 2 is 1.95 bits per heavy atom. The van der Waals surface area contributed by atoms with Crippen molar-refractivity contribution < 1.29 is 9.53 Å². The molecule has 102 valence electrons. The summed E-state index contributed by atoms with van der Waals surface area (Å²) in [4.78, 5) is 15.8. The summed E-state index contributed by atoms with van der Waals surface area (Å²) in [5.41, 5.74) is 12.5. The first kappa shape index (κ1) is 14.0. The molecule has 1 aromatic heterocycles. The Bertz CT molecular complexity index is 686. The third-order valence-corrected chi connectivity index (χ3v) is 2.82. The maximum absolute atomic E-state index is 11.3. The molecule has 0 radical (unpaired) electrons. The molecule has 0 saturated heterocycles. The van der Waals surface area contributed by atoms with Gasteiger partial charge < -0.3 is 16.2 Å². The topological polar surface area (TPSA) is 91.2 Å². The molecule has 0 bridgehead atoms. The van der Waals surface area contributed by atoms with Gasteiger partial charge in [0.1, 0.15) is 10.7 Å². The summed E-state index contributed by atoms with van der Waals surface area (Å²) < 4.78 is 5.62. The number of ether oxygens (including phenoxy) is 1. The Labute approximate surface area is 121 Å². The fourth-order valence-corrected chi connectivity index (χ4v) is 1.82. The lowest BCUT2D eigenvalue weighted by Gasteiger charge is -2.10. The third kappa shape index (κ3) is 3.10. The lowest BCUT2D eigenvalue weighted by molar-refractivity contribution is 0.0998. The van der Waals surface area contributed by atoms with Crippen molar-refractivity contribution >= 4 is 23.1 Å². The van der Waals surface area contributed by atoms with Gasteiger partial charge in [0.25, 0.3) is 5.91 Å². The number of hydrogen-bond donors (Lipinski definition) is 2. The second kappa shape index (κ2) is 5.66. The van der Waals surface area contributed by atoms with Crippen LogP contribution < -0.4 is 16.2 Å². The van der Waals surface area contributed by atoms with E-state index in [0.29, 0.717) is 22.9 Å². The minimum absolute atomic E-state index is 0.253. The number of carbonyl (C=O) groups is 1. The van der Waals surface area contributed by atoms with Crippen LogP contribution >= 0.6 is 12.2 Å². The second-order valence-electron chi connectivity index (χ2n) is 4.16. The fraction of sp³-hybridized carbons (Fsp3) is 0.0714. The molecule has 0 saturated carbocycles. The summed E-state index contributed by atoms with van der Waals surface area (Å²) >= 11 is 4.93. The number of hydrogen-bond acceptors (Lipinski definition) is 4. The van der Waals surface area contributed by atoms with Gasteiger partial charge in [0.2, 0.25) is 5.88 Å². The summed E-state index contributed by atoms with van der Waals surface area (Å²) in [6.45, 7) is 1.80. The van der Waals surface area contributed by atoms with Gasteiger partial charge in [0, 0.05) is 17.3 Å². The predicted molar refractivity (Wildman–Crippen MR) is 79.9 cm³/mol. The number of aryl methyl sites for hydroxylation is 1. The van der Waals surface area contributed by atoms with Crippen LogP contribution in [-0.2, 0) is 0 Å². The van der Waals surface area contributed by atoms with Gasteiger partial charge in [0.15, 0.2) is 0 Å². The van der Waals surface area contributed by atoms with Crippen LogP contribution in [0, 0.1) is 6.92 Å². The van der Waals surface area contributed by atoms with Crippen LogP contribution in [0.2, 0.25) is 0 Å². The third-order valence-electron chi connectivity index (χ3n) is 2.58. The van der Waals surface area contributed by atoms with Crippen LogP contribution in [-0.4, -0.2) is 15.9 Å². The zero-order chi connectivity index (χ0) is 14.7. The van der Waals surface area contributed by atoms with Crippen molar-refractivity contribution in [2.24, 2.45) is 11.5 Å². The highest BCUT2D eigenvalue weighted by atomic mass is 32.1. The molecule has 4 N–H and O–H groups in total. The molecule has 1 aromatic carbocycles. The van der Waals surface area contributed by atoms with Gasteiger partial charge in [-0.15, -0.1) is 0 Å². The highest BCUT2D eigenvalue weighted by Crippen LogP contribution is 2.24. The van der Waals surface area contributed by atoms with Crippen molar-refractivity contribution in [3.63, 3.8) is 0 Å². The van der Waals surface area contributed by atoms with Gasteiger partial charge >= 0.3 is 0 Å². The number of thiocarbonyl (C=S) groups is 1. The van der Waals surface area contributed by atoms with Crippen LogP contribution in [0.4, 0.5) is 0 Å².